The van der Waals surface area contributed by atoms with Crippen molar-refractivity contribution in [3.05, 3.63) is 54.2 Å². The van der Waals surface area contributed by atoms with E-state index in [2.05, 4.69) is 5.32 Å². The predicted octanol–water partition coefficient (Wildman–Crippen LogP) is 2.77. The maximum atomic E-state index is 13.5. The summed E-state index contributed by atoms with van der Waals surface area (Å²) in [6, 6.07) is 11.6. The third kappa shape index (κ3) is 4.72. The number of nitriles is 1. The van der Waals surface area contributed by atoms with Crippen molar-refractivity contribution in [1.29, 1.82) is 5.26 Å². The summed E-state index contributed by atoms with van der Waals surface area (Å²) in [7, 11) is 0. The number of amides is 1. The minimum absolute atomic E-state index is 0.0523. The molecular weight excluding hydrogens is 285 g/mol. The van der Waals surface area contributed by atoms with Gasteiger partial charge in [0, 0.05) is 13.0 Å². The van der Waals surface area contributed by atoms with Crippen LogP contribution in [0.3, 0.4) is 0 Å². The first-order valence-electron chi connectivity index (χ1n) is 6.85. The summed E-state index contributed by atoms with van der Waals surface area (Å²) in [5, 5.41) is 11.2. The van der Waals surface area contributed by atoms with Gasteiger partial charge in [-0.15, -0.1) is 0 Å². The first kappa shape index (κ1) is 15.7. The molecule has 1 aromatic carbocycles. The van der Waals surface area contributed by atoms with Crippen LogP contribution in [0.25, 0.3) is 0 Å². The van der Waals surface area contributed by atoms with Crippen LogP contribution in [-0.4, -0.2) is 23.9 Å². The molecule has 0 aliphatic carbocycles. The van der Waals surface area contributed by atoms with Crippen LogP contribution in [0.1, 0.15) is 12.2 Å². The summed E-state index contributed by atoms with van der Waals surface area (Å²) in [6.07, 6.45) is 1.85. The van der Waals surface area contributed by atoms with E-state index in [1.165, 1.54) is 12.1 Å². The van der Waals surface area contributed by atoms with Crippen molar-refractivity contribution in [1.82, 2.24) is 4.90 Å². The Balaban J connectivity index is 1.95. The van der Waals surface area contributed by atoms with Crippen LogP contribution >= 0.6 is 0 Å². The molecule has 0 bridgehead atoms. The Bertz CT molecular complexity index is 650. The molecule has 0 aliphatic rings. The molecular formula is C16H16FN3O2. The third-order valence-corrected chi connectivity index (χ3v) is 3.01. The van der Waals surface area contributed by atoms with Crippen LogP contribution in [0, 0.1) is 17.1 Å². The number of benzene rings is 1. The van der Waals surface area contributed by atoms with Crippen molar-refractivity contribution in [3.63, 3.8) is 0 Å². The maximum Gasteiger partial charge on any atom is 0.238 e. The van der Waals surface area contributed by atoms with Gasteiger partial charge < -0.3 is 9.73 Å². The molecule has 22 heavy (non-hydrogen) atoms. The average molecular weight is 301 g/mol. The summed E-state index contributed by atoms with van der Waals surface area (Å²) in [5.74, 6) is -0.114. The van der Waals surface area contributed by atoms with Gasteiger partial charge in [-0.3, -0.25) is 9.69 Å². The van der Waals surface area contributed by atoms with Gasteiger partial charge >= 0.3 is 0 Å². The van der Waals surface area contributed by atoms with Crippen molar-refractivity contribution in [2.45, 2.75) is 13.0 Å². The summed E-state index contributed by atoms with van der Waals surface area (Å²) in [6.45, 7) is 0.901. The highest BCUT2D eigenvalue weighted by atomic mass is 19.1. The molecule has 0 saturated heterocycles. The quantitative estimate of drug-likeness (QED) is 0.853. The zero-order valence-electron chi connectivity index (χ0n) is 12.0. The lowest BCUT2D eigenvalue weighted by molar-refractivity contribution is -0.117. The monoisotopic (exact) mass is 301 g/mol. The van der Waals surface area contributed by atoms with Crippen molar-refractivity contribution in [3.8, 4) is 6.07 Å². The SMILES string of the molecule is N#CCCN(CC(=O)Nc1ccccc1F)Cc1ccco1. The minimum Gasteiger partial charge on any atom is -0.468 e. The standard InChI is InChI=1S/C16H16FN3O2/c17-14-6-1-2-7-15(14)19-16(21)12-20(9-4-8-18)11-13-5-3-10-22-13/h1-3,5-7,10H,4,9,11-12H2,(H,19,21). The number of furan rings is 1. The van der Waals surface area contributed by atoms with E-state index in [0.29, 0.717) is 25.3 Å². The highest BCUT2D eigenvalue weighted by Crippen LogP contribution is 2.12. The zero-order chi connectivity index (χ0) is 15.8. The van der Waals surface area contributed by atoms with E-state index in [-0.39, 0.29) is 18.1 Å². The molecule has 2 rings (SSSR count). The highest BCUT2D eigenvalue weighted by Gasteiger charge is 2.14. The smallest absolute Gasteiger partial charge is 0.238 e. The molecule has 0 fully saturated rings. The molecule has 1 N–H and O–H groups in total. The van der Waals surface area contributed by atoms with Crippen molar-refractivity contribution < 1.29 is 13.6 Å². The molecule has 0 aliphatic heterocycles. The highest BCUT2D eigenvalue weighted by molar-refractivity contribution is 5.92. The Kier molecular flexibility index (Phi) is 5.69. The van der Waals surface area contributed by atoms with Crippen molar-refractivity contribution in [2.24, 2.45) is 0 Å². The normalized spacial score (nSPS) is 10.4. The van der Waals surface area contributed by atoms with E-state index in [1.54, 1.807) is 35.4 Å². The minimum atomic E-state index is -0.481. The molecule has 0 unspecified atom stereocenters. The van der Waals surface area contributed by atoms with Crippen LogP contribution in [-0.2, 0) is 11.3 Å². The number of halogens is 1. The lowest BCUT2D eigenvalue weighted by Crippen LogP contribution is -2.33. The number of carbonyl (C=O) groups is 1. The fourth-order valence-electron chi connectivity index (χ4n) is 2.00. The Morgan fingerprint density at radius 2 is 2.14 bits per heavy atom. The summed E-state index contributed by atoms with van der Waals surface area (Å²) >= 11 is 0. The predicted molar refractivity (Wildman–Crippen MR) is 79.2 cm³/mol. The molecule has 0 spiro atoms. The molecule has 1 heterocycles. The van der Waals surface area contributed by atoms with Crippen LogP contribution in [0.2, 0.25) is 0 Å². The number of nitrogens with one attached hydrogen (secondary N) is 1. The maximum absolute atomic E-state index is 13.5. The van der Waals surface area contributed by atoms with Gasteiger partial charge in [0.25, 0.3) is 0 Å². The number of para-hydroxylation sites is 1. The molecule has 114 valence electrons. The van der Waals surface area contributed by atoms with Gasteiger partial charge in [0.05, 0.1) is 31.1 Å². The van der Waals surface area contributed by atoms with E-state index in [4.69, 9.17) is 9.68 Å². The van der Waals surface area contributed by atoms with E-state index < -0.39 is 5.82 Å². The van der Waals surface area contributed by atoms with Gasteiger partial charge in [-0.25, -0.2) is 4.39 Å². The zero-order valence-corrected chi connectivity index (χ0v) is 12.0. The molecule has 2 aromatic rings. The summed E-state index contributed by atoms with van der Waals surface area (Å²) < 4.78 is 18.8. The molecule has 5 nitrogen and oxygen atoms in total. The number of anilines is 1. The van der Waals surface area contributed by atoms with Crippen LogP contribution < -0.4 is 5.32 Å². The van der Waals surface area contributed by atoms with Gasteiger partial charge in [0.1, 0.15) is 11.6 Å². The fourth-order valence-corrected chi connectivity index (χ4v) is 2.00. The molecule has 0 atom stereocenters. The second-order valence-electron chi connectivity index (χ2n) is 4.73. The Labute approximate surface area is 128 Å². The van der Waals surface area contributed by atoms with Crippen molar-refractivity contribution in [2.75, 3.05) is 18.4 Å². The number of rotatable bonds is 7. The molecule has 0 saturated carbocycles. The van der Waals surface area contributed by atoms with Gasteiger partial charge in [0.15, 0.2) is 0 Å². The molecule has 6 heteroatoms. The Morgan fingerprint density at radius 3 is 2.82 bits per heavy atom. The van der Waals surface area contributed by atoms with E-state index >= 15 is 0 Å². The molecule has 1 amide bonds. The fraction of sp³-hybridized carbons (Fsp3) is 0.250. The van der Waals surface area contributed by atoms with Crippen LogP contribution in [0.15, 0.2) is 47.1 Å². The van der Waals surface area contributed by atoms with E-state index in [9.17, 15) is 9.18 Å². The van der Waals surface area contributed by atoms with Crippen LogP contribution in [0.5, 0.6) is 0 Å². The number of nitrogens with zero attached hydrogens (tertiary/aromatic N) is 2. The van der Waals surface area contributed by atoms with Gasteiger partial charge in [0.2, 0.25) is 5.91 Å². The third-order valence-electron chi connectivity index (χ3n) is 3.01. The van der Waals surface area contributed by atoms with Crippen LogP contribution in [0.4, 0.5) is 10.1 Å². The number of hydrogen-bond donors (Lipinski definition) is 1. The van der Waals surface area contributed by atoms with Gasteiger partial charge in [-0.2, -0.15) is 5.26 Å². The first-order chi connectivity index (χ1) is 10.7. The largest absolute Gasteiger partial charge is 0.468 e. The van der Waals surface area contributed by atoms with Crippen molar-refractivity contribution >= 4 is 11.6 Å². The first-order valence-corrected chi connectivity index (χ1v) is 6.85. The number of carbonyl (C=O) groups excluding carboxylic acids is 1. The molecule has 0 radical (unpaired) electrons. The second kappa shape index (κ2) is 7.96. The van der Waals surface area contributed by atoms with E-state index in [1.807, 2.05) is 6.07 Å². The lowest BCUT2D eigenvalue weighted by atomic mass is 10.3. The Morgan fingerprint density at radius 1 is 1.32 bits per heavy atom. The average Bonchev–Trinajstić information content (AvgIpc) is 3.00. The lowest BCUT2D eigenvalue weighted by Gasteiger charge is -2.19. The topological polar surface area (TPSA) is 69.3 Å². The number of hydrogen-bond acceptors (Lipinski definition) is 4. The van der Waals surface area contributed by atoms with E-state index in [0.717, 1.165) is 0 Å². The van der Waals surface area contributed by atoms with Gasteiger partial charge in [-0.1, -0.05) is 12.1 Å². The van der Waals surface area contributed by atoms with Gasteiger partial charge in [-0.05, 0) is 24.3 Å². The second-order valence-corrected chi connectivity index (χ2v) is 4.73. The Hall–Kier alpha value is -2.65. The summed E-state index contributed by atoms with van der Waals surface area (Å²) in [4.78, 5) is 13.8. The summed E-state index contributed by atoms with van der Waals surface area (Å²) in [5.41, 5.74) is 0.144. The molecule has 1 aromatic heterocycles.